The van der Waals surface area contributed by atoms with Crippen LogP contribution in [-0.4, -0.2) is 12.0 Å². The summed E-state index contributed by atoms with van der Waals surface area (Å²) in [6.07, 6.45) is -0.624. The first-order chi connectivity index (χ1) is 11.5. The molecule has 3 aromatic rings. The number of fused-ring (bicyclic) bond motifs is 1. The zero-order valence-corrected chi connectivity index (χ0v) is 16.1. The second-order valence-corrected chi connectivity index (χ2v) is 7.12. The van der Waals surface area contributed by atoms with Gasteiger partial charge in [0.25, 0.3) is 5.91 Å². The van der Waals surface area contributed by atoms with Gasteiger partial charge in [0.1, 0.15) is 5.75 Å². The van der Waals surface area contributed by atoms with E-state index in [1.54, 1.807) is 6.92 Å². The second-order valence-electron chi connectivity index (χ2n) is 5.35. The molecule has 0 aliphatic heterocycles. The first kappa shape index (κ1) is 17.0. The Morgan fingerprint density at radius 1 is 1.04 bits per heavy atom. The van der Waals surface area contributed by atoms with Crippen molar-refractivity contribution in [3.8, 4) is 5.75 Å². The van der Waals surface area contributed by atoms with Gasteiger partial charge >= 0.3 is 0 Å². The van der Waals surface area contributed by atoms with E-state index in [1.165, 1.54) is 0 Å². The maximum atomic E-state index is 12.5. The number of nitrogens with one attached hydrogen (secondary N) is 1. The third-order valence-corrected chi connectivity index (χ3v) is 4.73. The summed E-state index contributed by atoms with van der Waals surface area (Å²) in [4.78, 5) is 12.5. The Morgan fingerprint density at radius 3 is 2.58 bits per heavy atom. The van der Waals surface area contributed by atoms with Crippen LogP contribution in [0.2, 0.25) is 0 Å². The summed E-state index contributed by atoms with van der Waals surface area (Å²) in [5.74, 6) is 0.431. The van der Waals surface area contributed by atoms with Gasteiger partial charge in [-0.25, -0.2) is 0 Å². The van der Waals surface area contributed by atoms with Crippen molar-refractivity contribution in [3.63, 3.8) is 0 Å². The Kier molecular flexibility index (Phi) is 5.21. The number of hydrogen-bond acceptors (Lipinski definition) is 2. The number of hydrogen-bond donors (Lipinski definition) is 1. The average molecular weight is 449 g/mol. The van der Waals surface area contributed by atoms with Gasteiger partial charge < -0.3 is 10.1 Å². The molecule has 0 fully saturated rings. The minimum Gasteiger partial charge on any atom is -0.480 e. The molecule has 1 amide bonds. The van der Waals surface area contributed by atoms with E-state index in [4.69, 9.17) is 4.74 Å². The summed E-state index contributed by atoms with van der Waals surface area (Å²) >= 11 is 6.83. The van der Waals surface area contributed by atoms with Crippen molar-refractivity contribution in [2.24, 2.45) is 0 Å². The lowest BCUT2D eigenvalue weighted by atomic mass is 10.1. The van der Waals surface area contributed by atoms with Gasteiger partial charge in [0.2, 0.25) is 0 Å². The van der Waals surface area contributed by atoms with Gasteiger partial charge in [0.15, 0.2) is 6.10 Å². The molecule has 1 N–H and O–H groups in total. The zero-order chi connectivity index (χ0) is 17.1. The molecule has 24 heavy (non-hydrogen) atoms. The lowest BCUT2D eigenvalue weighted by molar-refractivity contribution is -0.122. The summed E-state index contributed by atoms with van der Waals surface area (Å²) in [7, 11) is 0. The minimum absolute atomic E-state index is 0.193. The largest absolute Gasteiger partial charge is 0.480 e. The monoisotopic (exact) mass is 447 g/mol. The van der Waals surface area contributed by atoms with E-state index < -0.39 is 6.10 Å². The highest BCUT2D eigenvalue weighted by Gasteiger charge is 2.17. The normalized spacial score (nSPS) is 12.0. The number of rotatable bonds is 4. The third-order valence-electron chi connectivity index (χ3n) is 3.61. The van der Waals surface area contributed by atoms with Crippen molar-refractivity contribution in [3.05, 3.63) is 69.6 Å². The van der Waals surface area contributed by atoms with Crippen LogP contribution in [0.3, 0.4) is 0 Å². The Balaban J connectivity index is 1.76. The standard InChI is InChI=1S/C19H15Br2NO2/c1-12(24-18-10-9-14(20)11-16(18)21)19(23)22-17-8-4-6-13-5-2-3-7-15(13)17/h2-12H,1H3,(H,22,23)/t12-/m1/s1. The van der Waals surface area contributed by atoms with E-state index in [9.17, 15) is 4.79 Å². The summed E-state index contributed by atoms with van der Waals surface area (Å²) in [6, 6.07) is 19.3. The maximum absolute atomic E-state index is 12.5. The number of ether oxygens (including phenoxy) is 1. The molecular weight excluding hydrogens is 434 g/mol. The summed E-state index contributed by atoms with van der Waals surface area (Å²) in [5, 5.41) is 5.04. The molecule has 122 valence electrons. The Bertz CT molecular complexity index is 890. The molecule has 0 aliphatic rings. The molecule has 0 bridgehead atoms. The molecule has 1 atom stereocenters. The highest BCUT2D eigenvalue weighted by molar-refractivity contribution is 9.11. The highest BCUT2D eigenvalue weighted by atomic mass is 79.9. The van der Waals surface area contributed by atoms with Crippen molar-refractivity contribution >= 4 is 54.2 Å². The number of amides is 1. The van der Waals surface area contributed by atoms with Gasteiger partial charge in [-0.15, -0.1) is 0 Å². The Morgan fingerprint density at radius 2 is 1.79 bits per heavy atom. The topological polar surface area (TPSA) is 38.3 Å². The van der Waals surface area contributed by atoms with Gasteiger partial charge in [-0.3, -0.25) is 4.79 Å². The molecule has 0 aromatic heterocycles. The molecular formula is C19H15Br2NO2. The summed E-state index contributed by atoms with van der Waals surface area (Å²) in [5.41, 5.74) is 0.781. The second kappa shape index (κ2) is 7.36. The first-order valence-corrected chi connectivity index (χ1v) is 9.03. The van der Waals surface area contributed by atoms with Crippen molar-refractivity contribution < 1.29 is 9.53 Å². The van der Waals surface area contributed by atoms with Gasteiger partial charge in [-0.1, -0.05) is 52.3 Å². The van der Waals surface area contributed by atoms with Crippen LogP contribution in [-0.2, 0) is 4.79 Å². The minimum atomic E-state index is -0.624. The fourth-order valence-electron chi connectivity index (χ4n) is 2.38. The van der Waals surface area contributed by atoms with Gasteiger partial charge in [-0.05, 0) is 52.5 Å². The SMILES string of the molecule is C[C@@H](Oc1ccc(Br)cc1Br)C(=O)Nc1cccc2ccccc12. The Labute approximate surface area is 157 Å². The smallest absolute Gasteiger partial charge is 0.265 e. The van der Waals surface area contributed by atoms with Crippen molar-refractivity contribution in [1.29, 1.82) is 0 Å². The lowest BCUT2D eigenvalue weighted by Crippen LogP contribution is -2.30. The molecule has 0 saturated carbocycles. The fourth-order valence-corrected chi connectivity index (χ4v) is 3.52. The van der Waals surface area contributed by atoms with E-state index in [0.29, 0.717) is 5.75 Å². The van der Waals surface area contributed by atoms with Crippen LogP contribution in [0.25, 0.3) is 10.8 Å². The molecule has 0 saturated heterocycles. The van der Waals surface area contributed by atoms with Gasteiger partial charge in [0, 0.05) is 15.5 Å². The van der Waals surface area contributed by atoms with Crippen LogP contribution in [0.15, 0.2) is 69.6 Å². The zero-order valence-electron chi connectivity index (χ0n) is 12.9. The predicted octanol–water partition coefficient (Wildman–Crippen LogP) is 5.77. The van der Waals surface area contributed by atoms with Crippen LogP contribution in [0.1, 0.15) is 6.92 Å². The van der Waals surface area contributed by atoms with Crippen molar-refractivity contribution in [2.75, 3.05) is 5.32 Å². The van der Waals surface area contributed by atoms with Crippen molar-refractivity contribution in [1.82, 2.24) is 0 Å². The third kappa shape index (κ3) is 3.79. The van der Waals surface area contributed by atoms with Crippen LogP contribution < -0.4 is 10.1 Å². The lowest BCUT2D eigenvalue weighted by Gasteiger charge is -2.16. The molecule has 0 heterocycles. The van der Waals surface area contributed by atoms with Crippen LogP contribution >= 0.6 is 31.9 Å². The summed E-state index contributed by atoms with van der Waals surface area (Å²) < 4.78 is 7.50. The quantitative estimate of drug-likeness (QED) is 0.550. The van der Waals surface area contributed by atoms with E-state index in [2.05, 4.69) is 37.2 Å². The van der Waals surface area contributed by atoms with E-state index >= 15 is 0 Å². The average Bonchev–Trinajstić information content (AvgIpc) is 2.57. The van der Waals surface area contributed by atoms with Crippen LogP contribution in [0, 0.1) is 0 Å². The number of benzene rings is 3. The van der Waals surface area contributed by atoms with E-state index in [-0.39, 0.29) is 5.91 Å². The van der Waals surface area contributed by atoms with E-state index in [1.807, 2.05) is 60.7 Å². The van der Waals surface area contributed by atoms with Crippen LogP contribution in [0.5, 0.6) is 5.75 Å². The number of carbonyl (C=O) groups is 1. The van der Waals surface area contributed by atoms with Crippen molar-refractivity contribution in [2.45, 2.75) is 13.0 Å². The maximum Gasteiger partial charge on any atom is 0.265 e. The molecule has 0 radical (unpaired) electrons. The molecule has 3 nitrogen and oxygen atoms in total. The predicted molar refractivity (Wildman–Crippen MR) is 105 cm³/mol. The highest BCUT2D eigenvalue weighted by Crippen LogP contribution is 2.29. The van der Waals surface area contributed by atoms with Gasteiger partial charge in [0.05, 0.1) is 4.47 Å². The summed E-state index contributed by atoms with van der Waals surface area (Å²) in [6.45, 7) is 1.73. The molecule has 3 aromatic carbocycles. The van der Waals surface area contributed by atoms with Crippen LogP contribution in [0.4, 0.5) is 5.69 Å². The molecule has 0 aliphatic carbocycles. The molecule has 0 spiro atoms. The number of carbonyl (C=O) groups excluding carboxylic acids is 1. The number of halogens is 2. The fraction of sp³-hybridized carbons (Fsp3) is 0.105. The molecule has 0 unspecified atom stereocenters. The first-order valence-electron chi connectivity index (χ1n) is 7.45. The molecule has 3 rings (SSSR count). The Hall–Kier alpha value is -1.85. The number of anilines is 1. The van der Waals surface area contributed by atoms with Gasteiger partial charge in [-0.2, -0.15) is 0 Å². The van der Waals surface area contributed by atoms with E-state index in [0.717, 1.165) is 25.4 Å². The molecule has 5 heteroatoms.